The zero-order chi connectivity index (χ0) is 26.8. The molecular weight excluding hydrogens is 460 g/mol. The lowest BCUT2D eigenvalue weighted by Gasteiger charge is -2.39. The first-order valence-electron chi connectivity index (χ1n) is 13.8. The van der Waals surface area contributed by atoms with Crippen molar-refractivity contribution in [2.75, 3.05) is 0 Å². The van der Waals surface area contributed by atoms with Crippen LogP contribution in [0.15, 0.2) is 67.8 Å². The summed E-state index contributed by atoms with van der Waals surface area (Å²) in [6, 6.07) is 10.7. The summed E-state index contributed by atoms with van der Waals surface area (Å²) < 4.78 is 12.9. The number of esters is 1. The van der Waals surface area contributed by atoms with Crippen molar-refractivity contribution >= 4 is 14.3 Å². The van der Waals surface area contributed by atoms with Gasteiger partial charge in [-0.1, -0.05) is 82.3 Å². The maximum Gasteiger partial charge on any atom is 0.306 e. The molecule has 1 aliphatic carbocycles. The molecular formula is C32H50O3Si. The Hall–Kier alpha value is -1.91. The summed E-state index contributed by atoms with van der Waals surface area (Å²) in [6.45, 7) is 21.6. The molecule has 0 spiro atoms. The van der Waals surface area contributed by atoms with E-state index in [9.17, 15) is 4.79 Å². The zero-order valence-corrected chi connectivity index (χ0v) is 24.7. The van der Waals surface area contributed by atoms with Crippen LogP contribution in [0.25, 0.3) is 0 Å². The van der Waals surface area contributed by atoms with Gasteiger partial charge in [-0.3, -0.25) is 4.79 Å². The third-order valence-corrected chi connectivity index (χ3v) is 12.6. The number of benzene rings is 1. The lowest BCUT2D eigenvalue weighted by Crippen LogP contribution is -2.43. The van der Waals surface area contributed by atoms with E-state index < -0.39 is 8.32 Å². The summed E-state index contributed by atoms with van der Waals surface area (Å²) >= 11 is 0. The average molecular weight is 511 g/mol. The zero-order valence-electron chi connectivity index (χ0n) is 23.7. The van der Waals surface area contributed by atoms with Crippen LogP contribution in [0.3, 0.4) is 0 Å². The first-order chi connectivity index (χ1) is 17.0. The minimum atomic E-state index is -1.93. The van der Waals surface area contributed by atoms with Gasteiger partial charge in [-0.25, -0.2) is 0 Å². The first-order valence-corrected chi connectivity index (χ1v) is 16.7. The van der Waals surface area contributed by atoms with E-state index >= 15 is 0 Å². The third kappa shape index (κ3) is 9.19. The minimum absolute atomic E-state index is 0.0482. The second kappa shape index (κ2) is 14.1. The summed E-state index contributed by atoms with van der Waals surface area (Å²) in [5.41, 5.74) is 1.34. The number of allylic oxidation sites excluding steroid dienone is 3. The van der Waals surface area contributed by atoms with E-state index in [1.165, 1.54) is 5.56 Å². The van der Waals surface area contributed by atoms with Crippen LogP contribution in [0.5, 0.6) is 0 Å². The van der Waals surface area contributed by atoms with Gasteiger partial charge in [-0.2, -0.15) is 0 Å². The van der Waals surface area contributed by atoms with Crippen LogP contribution in [0.4, 0.5) is 0 Å². The monoisotopic (exact) mass is 510 g/mol. The smallest absolute Gasteiger partial charge is 0.306 e. The van der Waals surface area contributed by atoms with Crippen LogP contribution in [0, 0.1) is 17.8 Å². The van der Waals surface area contributed by atoms with Crippen molar-refractivity contribution in [3.8, 4) is 0 Å². The highest BCUT2D eigenvalue weighted by atomic mass is 28.4. The number of rotatable bonds is 14. The molecule has 0 bridgehead atoms. The molecule has 0 aromatic heterocycles. The Balaban J connectivity index is 2.17. The Morgan fingerprint density at radius 1 is 1.17 bits per heavy atom. The number of aryl methyl sites for hydroxylation is 1. The highest BCUT2D eigenvalue weighted by Gasteiger charge is 2.42. The molecule has 36 heavy (non-hydrogen) atoms. The lowest BCUT2D eigenvalue weighted by molar-refractivity contribution is -0.151. The number of hydrogen-bond donors (Lipinski definition) is 0. The number of carbonyl (C=O) groups excluding carboxylic acids is 1. The highest BCUT2D eigenvalue weighted by molar-refractivity contribution is 6.74. The van der Waals surface area contributed by atoms with Crippen molar-refractivity contribution in [3.05, 3.63) is 73.4 Å². The van der Waals surface area contributed by atoms with Gasteiger partial charge in [0, 0.05) is 12.3 Å². The fraction of sp³-hybridized carbons (Fsp3) is 0.594. The Morgan fingerprint density at radius 2 is 1.86 bits per heavy atom. The molecule has 1 aliphatic rings. The SMILES string of the molecule is C=CCCCC(=O)O[C@H]1C[C@@H](C)[C@H](/C=C/[C@H](CCc2ccccc2)O[Si](C)(C)C(C)(C)C)[C@H]1CC=C. The quantitative estimate of drug-likeness (QED) is 0.109. The molecule has 0 saturated heterocycles. The molecule has 200 valence electrons. The van der Waals surface area contributed by atoms with Gasteiger partial charge in [0.25, 0.3) is 0 Å². The number of carbonyl (C=O) groups is 1. The van der Waals surface area contributed by atoms with Crippen LogP contribution < -0.4 is 0 Å². The van der Waals surface area contributed by atoms with Gasteiger partial charge >= 0.3 is 5.97 Å². The van der Waals surface area contributed by atoms with E-state index in [2.05, 4.69) is 96.4 Å². The third-order valence-electron chi connectivity index (χ3n) is 8.10. The van der Waals surface area contributed by atoms with Crippen LogP contribution >= 0.6 is 0 Å². The molecule has 0 unspecified atom stereocenters. The van der Waals surface area contributed by atoms with E-state index in [0.29, 0.717) is 18.3 Å². The van der Waals surface area contributed by atoms with Gasteiger partial charge in [0.2, 0.25) is 0 Å². The summed E-state index contributed by atoms with van der Waals surface area (Å²) in [6.07, 6.45) is 14.3. The normalized spacial score (nSPS) is 23.5. The van der Waals surface area contributed by atoms with Gasteiger partial charge in [0.05, 0.1) is 6.10 Å². The maximum absolute atomic E-state index is 12.5. The van der Waals surface area contributed by atoms with E-state index in [1.807, 2.05) is 12.2 Å². The molecule has 1 aromatic carbocycles. The summed E-state index contributed by atoms with van der Waals surface area (Å²) in [7, 11) is -1.93. The first kappa shape index (κ1) is 30.3. The second-order valence-electron chi connectivity index (χ2n) is 12.0. The van der Waals surface area contributed by atoms with Crippen molar-refractivity contribution in [1.82, 2.24) is 0 Å². The molecule has 0 aliphatic heterocycles. The van der Waals surface area contributed by atoms with E-state index in [1.54, 1.807) is 0 Å². The topological polar surface area (TPSA) is 35.5 Å². The molecule has 1 fully saturated rings. The molecule has 0 radical (unpaired) electrons. The fourth-order valence-electron chi connectivity index (χ4n) is 4.91. The van der Waals surface area contributed by atoms with Crippen LogP contribution in [0.2, 0.25) is 18.1 Å². The van der Waals surface area contributed by atoms with Crippen LogP contribution in [-0.2, 0) is 20.4 Å². The summed E-state index contributed by atoms with van der Waals surface area (Å²) in [5.74, 6) is 0.963. The van der Waals surface area contributed by atoms with Crippen molar-refractivity contribution in [2.45, 2.75) is 103 Å². The molecule has 2 rings (SSSR count). The lowest BCUT2D eigenvalue weighted by atomic mass is 9.87. The maximum atomic E-state index is 12.5. The molecule has 0 amide bonds. The number of hydrogen-bond acceptors (Lipinski definition) is 3. The standard InChI is InChI=1S/C32H50O3Si/c1-9-11-13-19-31(33)34-30-24-25(3)28(29(30)16-10-2)23-22-27(35-36(7,8)32(4,5)6)21-20-26-17-14-12-15-18-26/h9-10,12,14-15,17-18,22-23,25,27-30H,1-2,11,13,16,19-21,24H2,3-8H3/b23-22+/t25-,27+,28+,29-,30+/m1/s1. The molecule has 4 heteroatoms. The van der Waals surface area contributed by atoms with Crippen molar-refractivity contribution < 1.29 is 14.0 Å². The molecule has 3 nitrogen and oxygen atoms in total. The highest BCUT2D eigenvalue weighted by Crippen LogP contribution is 2.43. The van der Waals surface area contributed by atoms with Gasteiger partial charge in [-0.15, -0.1) is 13.2 Å². The number of unbranched alkanes of at least 4 members (excludes halogenated alkanes) is 1. The molecule has 1 aromatic rings. The largest absolute Gasteiger partial charge is 0.462 e. The Kier molecular flexibility index (Phi) is 11.9. The van der Waals surface area contributed by atoms with Crippen molar-refractivity contribution in [3.63, 3.8) is 0 Å². The predicted octanol–water partition coefficient (Wildman–Crippen LogP) is 8.68. The van der Waals surface area contributed by atoms with Gasteiger partial charge in [0.1, 0.15) is 6.10 Å². The summed E-state index contributed by atoms with van der Waals surface area (Å²) in [4.78, 5) is 12.5. The van der Waals surface area contributed by atoms with E-state index in [4.69, 9.17) is 9.16 Å². The van der Waals surface area contributed by atoms with Gasteiger partial charge in [0.15, 0.2) is 8.32 Å². The second-order valence-corrected chi connectivity index (χ2v) is 16.8. The minimum Gasteiger partial charge on any atom is -0.462 e. The van der Waals surface area contributed by atoms with E-state index in [-0.39, 0.29) is 29.1 Å². The molecule has 5 atom stereocenters. The Bertz CT molecular complexity index is 852. The average Bonchev–Trinajstić information content (AvgIpc) is 3.09. The number of ether oxygens (including phenoxy) is 1. The Morgan fingerprint density at radius 3 is 2.47 bits per heavy atom. The van der Waals surface area contributed by atoms with Gasteiger partial charge in [-0.05, 0) is 74.1 Å². The molecule has 0 heterocycles. The molecule has 0 N–H and O–H groups in total. The molecule has 1 saturated carbocycles. The fourth-order valence-corrected chi connectivity index (χ4v) is 6.22. The van der Waals surface area contributed by atoms with Crippen molar-refractivity contribution in [2.24, 2.45) is 17.8 Å². The van der Waals surface area contributed by atoms with E-state index in [0.717, 1.165) is 38.5 Å². The Labute approximate surface area is 222 Å². The van der Waals surface area contributed by atoms with Crippen molar-refractivity contribution in [1.29, 1.82) is 0 Å². The predicted molar refractivity (Wildman–Crippen MR) is 155 cm³/mol. The summed E-state index contributed by atoms with van der Waals surface area (Å²) in [5, 5.41) is 0.156. The van der Waals surface area contributed by atoms with Gasteiger partial charge < -0.3 is 9.16 Å². The van der Waals surface area contributed by atoms with Crippen LogP contribution in [-0.4, -0.2) is 26.5 Å². The van der Waals surface area contributed by atoms with Crippen LogP contribution in [0.1, 0.15) is 71.8 Å².